The SMILES string of the molecule is CCCCCCCCCCCCOC(=O)[C]12[CH]3[CH]4[CH]5[CH]1[Fe]45321678[CH]2[CH]1[CH]6[CH]7[CH]28. The summed E-state index contributed by atoms with van der Waals surface area (Å²) in [7, 11) is 0. The van der Waals surface area contributed by atoms with E-state index in [1.165, 1.54) is 91.5 Å². The predicted molar refractivity (Wildman–Crippen MR) is 99.2 cm³/mol. The van der Waals surface area contributed by atoms with Crippen LogP contribution in [0.15, 0.2) is 0 Å². The van der Waals surface area contributed by atoms with Gasteiger partial charge in [-0.15, -0.1) is 0 Å². The van der Waals surface area contributed by atoms with Crippen LogP contribution in [0.1, 0.15) is 71.1 Å². The van der Waals surface area contributed by atoms with Crippen molar-refractivity contribution in [2.75, 3.05) is 6.61 Å². The van der Waals surface area contributed by atoms with Gasteiger partial charge in [0.25, 0.3) is 0 Å². The van der Waals surface area contributed by atoms with Crippen molar-refractivity contribution in [2.45, 2.75) is 119 Å². The van der Waals surface area contributed by atoms with Gasteiger partial charge in [-0.3, -0.25) is 0 Å². The Bertz CT molecular complexity index is 1040. The summed E-state index contributed by atoms with van der Waals surface area (Å²) in [4.78, 5) is 24.1. The van der Waals surface area contributed by atoms with E-state index in [4.69, 9.17) is 4.74 Å². The summed E-state index contributed by atoms with van der Waals surface area (Å²) in [6, 6.07) is 0. The maximum absolute atomic E-state index is 13.3. The van der Waals surface area contributed by atoms with Crippen LogP contribution in [-0.4, -0.2) is 12.6 Å². The fourth-order valence-electron chi connectivity index (χ4n) is 18.6. The monoisotopic (exact) mass is 398 g/mol. The van der Waals surface area contributed by atoms with Crippen molar-refractivity contribution in [2.24, 2.45) is 0 Å². The van der Waals surface area contributed by atoms with Crippen LogP contribution in [0.4, 0.5) is 0 Å². The summed E-state index contributed by atoms with van der Waals surface area (Å²) in [5.74, 6) is 0.403. The second-order valence-electron chi connectivity index (χ2n) is 14.0. The van der Waals surface area contributed by atoms with Crippen molar-refractivity contribution in [3.8, 4) is 0 Å². The molecule has 26 heavy (non-hydrogen) atoms. The quantitative estimate of drug-likeness (QED) is 0.197. The van der Waals surface area contributed by atoms with Gasteiger partial charge < -0.3 is 0 Å². The van der Waals surface area contributed by atoms with Gasteiger partial charge in [-0.2, -0.15) is 0 Å². The minimum absolute atomic E-state index is 0.331. The summed E-state index contributed by atoms with van der Waals surface area (Å²) < 4.78 is 6.37. The third kappa shape index (κ3) is 0.236. The third-order valence-corrected chi connectivity index (χ3v) is 60.0. The molecule has 10 saturated heterocycles. The van der Waals surface area contributed by atoms with Gasteiger partial charge in [0.05, 0.1) is 0 Å². The average Bonchev–Trinajstić information content (AvgIpc) is 3.58. The van der Waals surface area contributed by atoms with Gasteiger partial charge in [-0.25, -0.2) is 0 Å². The number of carbonyl (C=O) groups excluding carboxylic acids is 1. The summed E-state index contributed by atoms with van der Waals surface area (Å²) in [6.07, 6.45) is 13.5. The van der Waals surface area contributed by atoms with E-state index in [0.717, 1.165) is 22.7 Å². The Morgan fingerprint density at radius 2 is 1.19 bits per heavy atom. The molecule has 4 atom stereocenters. The number of rotatable bonds is 12. The maximum atomic E-state index is 13.3. The predicted octanol–water partition coefficient (Wildman–Crippen LogP) is 7.21. The van der Waals surface area contributed by atoms with Crippen LogP contribution in [0, 0.1) is 0 Å². The summed E-state index contributed by atoms with van der Waals surface area (Å²) in [5.41, 5.74) is 0. The Morgan fingerprint density at radius 1 is 0.731 bits per heavy atom. The second-order valence-corrected chi connectivity index (χ2v) is 37.6. The van der Waals surface area contributed by atoms with Crippen LogP contribution in [-0.2, 0) is 16.0 Å². The topological polar surface area (TPSA) is 26.3 Å². The van der Waals surface area contributed by atoms with Gasteiger partial charge in [0.1, 0.15) is 0 Å². The molecule has 0 amide bonds. The Balaban J connectivity index is 0.759. The van der Waals surface area contributed by atoms with Crippen molar-refractivity contribution in [3.63, 3.8) is 0 Å². The Morgan fingerprint density at radius 3 is 1.58 bits per heavy atom. The zero-order valence-corrected chi connectivity index (χ0v) is 17.2. The molecule has 10 aliphatic rings. The van der Waals surface area contributed by atoms with Crippen LogP contribution in [0.5, 0.6) is 0 Å². The van der Waals surface area contributed by atoms with Gasteiger partial charge in [0.2, 0.25) is 0 Å². The van der Waals surface area contributed by atoms with Crippen molar-refractivity contribution in [1.82, 2.24) is 0 Å². The third-order valence-electron chi connectivity index (χ3n) is 17.7. The molecule has 10 heterocycles. The van der Waals surface area contributed by atoms with Gasteiger partial charge in [0, 0.05) is 0 Å². The molecule has 0 aliphatic carbocycles. The molecule has 3 heteroatoms. The van der Waals surface area contributed by atoms with Crippen LogP contribution in [0.2, 0.25) is 47.7 Å². The van der Waals surface area contributed by atoms with Crippen molar-refractivity contribution in [3.05, 3.63) is 0 Å². The molecule has 4 unspecified atom stereocenters. The van der Waals surface area contributed by atoms with Gasteiger partial charge in [0.15, 0.2) is 0 Å². The number of esters is 1. The summed E-state index contributed by atoms with van der Waals surface area (Å²) in [6.45, 7) is -0.200. The molecule has 0 aromatic carbocycles. The number of unbranched alkanes of at least 4 members (excludes halogenated alkanes) is 9. The van der Waals surface area contributed by atoms with Crippen LogP contribution < -0.4 is 0 Å². The van der Waals surface area contributed by atoms with E-state index in [0.29, 0.717) is 10.3 Å². The number of hydrogen-bond donors (Lipinski definition) is 0. The first kappa shape index (κ1) is 13.3. The van der Waals surface area contributed by atoms with E-state index in [1.807, 2.05) is 0 Å². The normalized spacial score (nSPS) is 81.8. The first-order valence-electron chi connectivity index (χ1n) is 11.9. The molecule has 10 fully saturated rings. The molecule has 10 aliphatic heterocycles. The van der Waals surface area contributed by atoms with Crippen LogP contribution in [0.3, 0.4) is 0 Å². The van der Waals surface area contributed by atoms with Crippen LogP contribution in [0.25, 0.3) is 0 Å². The first-order chi connectivity index (χ1) is 12.5. The van der Waals surface area contributed by atoms with E-state index in [-0.39, 0.29) is 0 Å². The van der Waals surface area contributed by atoms with Gasteiger partial charge in [-0.1, -0.05) is 19.8 Å². The number of hydrogen-bond acceptors (Lipinski definition) is 2. The Hall–Kier alpha value is -0.0105. The van der Waals surface area contributed by atoms with E-state index >= 15 is 0 Å². The molecular weight excluding hydrogens is 364 g/mol. The van der Waals surface area contributed by atoms with Gasteiger partial charge in [-0.05, 0) is 0 Å². The zero-order chi connectivity index (χ0) is 17.1. The Kier molecular flexibility index (Phi) is 0.848. The van der Waals surface area contributed by atoms with E-state index < -0.39 is 6.51 Å². The van der Waals surface area contributed by atoms with Crippen molar-refractivity contribution >= 4 is 5.97 Å². The minimum atomic E-state index is -3.23. The second kappa shape index (κ2) is 1.66. The van der Waals surface area contributed by atoms with Crippen LogP contribution >= 0.6 is 0 Å². The standard InChI is InChI=1S/C18H29O2.C5H5.Fe/c1-2-3-4-5-6-7-8-9-10-13-16-20-18(19)17-14-11-12-15-17;1-2-4-5-3-1;/h11-12,14-15H,2-10,13,16H2,1H3;1-5H;. The Labute approximate surface area is 147 Å². The molecule has 2 nitrogen and oxygen atoms in total. The summed E-state index contributed by atoms with van der Waals surface area (Å²) in [5, 5.41) is 0. The molecule has 0 radical (unpaired) electrons. The average molecular weight is 398 g/mol. The van der Waals surface area contributed by atoms with Crippen molar-refractivity contribution in [1.29, 1.82) is 0 Å². The number of carbonyl (C=O) groups is 1. The van der Waals surface area contributed by atoms with Gasteiger partial charge >= 0.3 is 128 Å². The fraction of sp³-hybridized carbons (Fsp3) is 0.957. The fourth-order valence-corrected chi connectivity index (χ4v) is 92.2. The molecular formula is C23H34FeO2. The van der Waals surface area contributed by atoms with E-state index in [2.05, 4.69) is 6.92 Å². The van der Waals surface area contributed by atoms with E-state index in [1.54, 1.807) is 0 Å². The van der Waals surface area contributed by atoms with E-state index in [9.17, 15) is 4.79 Å². The number of fused-ring (bicyclic) bond motifs is 10. The molecule has 0 N–H and O–H groups in total. The molecule has 10 rings (SSSR count). The number of ether oxygens (including phenoxy) is 1. The van der Waals surface area contributed by atoms with Crippen molar-refractivity contribution < 1.29 is 16.0 Å². The first-order valence-corrected chi connectivity index (χ1v) is 18.2. The zero-order valence-electron chi connectivity index (χ0n) is 16.1. The molecule has 1 spiro atoms. The summed E-state index contributed by atoms with van der Waals surface area (Å²) >= 11 is 0. The molecule has 0 saturated carbocycles. The molecule has 0 aromatic heterocycles. The molecule has 146 valence electrons. The molecule has 0 aromatic rings. The molecule has 0 bridgehead atoms.